The van der Waals surface area contributed by atoms with Crippen LogP contribution < -0.4 is 4.72 Å². The lowest BCUT2D eigenvalue weighted by atomic mass is 10.0. The van der Waals surface area contributed by atoms with Crippen LogP contribution in [0.15, 0.2) is 0 Å². The summed E-state index contributed by atoms with van der Waals surface area (Å²) in [4.78, 5) is 10.3. The molecule has 2 N–H and O–H groups in total. The van der Waals surface area contributed by atoms with Crippen molar-refractivity contribution in [1.82, 2.24) is 4.72 Å². The Kier molecular flexibility index (Phi) is 6.59. The number of rotatable bonds is 8. The van der Waals surface area contributed by atoms with E-state index in [0.717, 1.165) is 0 Å². The van der Waals surface area contributed by atoms with E-state index in [-0.39, 0.29) is 12.3 Å². The number of carbonyl (C=O) groups is 1. The fourth-order valence-electron chi connectivity index (χ4n) is 1.13. The number of aliphatic carboxylic acids is 1. The molecule has 0 fully saturated rings. The van der Waals surface area contributed by atoms with Crippen molar-refractivity contribution < 1.29 is 18.3 Å². The molecule has 0 aromatic rings. The first kappa shape index (κ1) is 15.4. The number of hydrogen-bond acceptors (Lipinski definition) is 3. The summed E-state index contributed by atoms with van der Waals surface area (Å²) in [6, 6.07) is 0. The Morgan fingerprint density at radius 2 is 1.81 bits per heavy atom. The Hall–Kier alpha value is -0.620. The van der Waals surface area contributed by atoms with Gasteiger partial charge in [-0.2, -0.15) is 0 Å². The third-order valence-electron chi connectivity index (χ3n) is 2.41. The Bertz CT molecular complexity index is 311. The molecule has 0 aliphatic carbocycles. The van der Waals surface area contributed by atoms with Gasteiger partial charge < -0.3 is 5.11 Å². The molecule has 0 aromatic heterocycles. The van der Waals surface area contributed by atoms with Gasteiger partial charge in [0.05, 0.1) is 5.25 Å². The average Bonchev–Trinajstić information content (AvgIpc) is 2.14. The van der Waals surface area contributed by atoms with Crippen LogP contribution in [0.5, 0.6) is 0 Å². The molecule has 0 spiro atoms. The van der Waals surface area contributed by atoms with E-state index in [1.54, 1.807) is 13.8 Å². The van der Waals surface area contributed by atoms with E-state index < -0.39 is 21.2 Å². The third-order valence-corrected chi connectivity index (χ3v) is 4.26. The zero-order valence-electron chi connectivity index (χ0n) is 10.1. The van der Waals surface area contributed by atoms with E-state index in [0.29, 0.717) is 19.4 Å². The van der Waals surface area contributed by atoms with Gasteiger partial charge in [0.2, 0.25) is 10.0 Å². The summed E-state index contributed by atoms with van der Waals surface area (Å²) >= 11 is 0. The molecule has 0 aromatic carbocycles. The van der Waals surface area contributed by atoms with Gasteiger partial charge >= 0.3 is 5.97 Å². The van der Waals surface area contributed by atoms with Crippen molar-refractivity contribution in [1.29, 1.82) is 0 Å². The van der Waals surface area contributed by atoms with Crippen LogP contribution in [-0.2, 0) is 14.8 Å². The topological polar surface area (TPSA) is 83.5 Å². The molecule has 0 saturated heterocycles. The first-order valence-corrected chi connectivity index (χ1v) is 7.00. The Morgan fingerprint density at radius 3 is 2.25 bits per heavy atom. The summed E-state index contributed by atoms with van der Waals surface area (Å²) in [5, 5.41) is 8.05. The predicted octanol–water partition coefficient (Wildman–Crippen LogP) is 1.21. The second-order valence-corrected chi connectivity index (χ2v) is 6.64. The van der Waals surface area contributed by atoms with E-state index in [4.69, 9.17) is 5.11 Å². The van der Waals surface area contributed by atoms with Crippen LogP contribution in [0.1, 0.15) is 40.0 Å². The molecule has 0 heterocycles. The minimum atomic E-state index is -3.19. The maximum atomic E-state index is 11.4. The fraction of sp³-hybridized carbons (Fsp3) is 0.900. The number of hydrogen-bond donors (Lipinski definition) is 2. The summed E-state index contributed by atoms with van der Waals surface area (Å²) in [7, 11) is -3.19. The summed E-state index contributed by atoms with van der Waals surface area (Å²) in [6.45, 7) is 5.54. The Balaban J connectivity index is 3.78. The fourth-order valence-corrected chi connectivity index (χ4v) is 1.86. The molecule has 16 heavy (non-hydrogen) atoms. The standard InChI is InChI=1S/C10H21NO4S/c1-8(2)16(14,15)11-7-6-9(3)4-5-10(12)13/h8-9,11H,4-7H2,1-3H3,(H,12,13). The van der Waals surface area contributed by atoms with Gasteiger partial charge in [-0.05, 0) is 32.6 Å². The average molecular weight is 251 g/mol. The molecule has 0 rings (SSSR count). The molecule has 5 nitrogen and oxygen atoms in total. The van der Waals surface area contributed by atoms with Crippen molar-refractivity contribution in [3.05, 3.63) is 0 Å². The van der Waals surface area contributed by atoms with Gasteiger partial charge in [0, 0.05) is 13.0 Å². The summed E-state index contributed by atoms with van der Waals surface area (Å²) < 4.78 is 25.2. The number of sulfonamides is 1. The van der Waals surface area contributed by atoms with Gasteiger partial charge in [0.15, 0.2) is 0 Å². The molecule has 0 aliphatic rings. The van der Waals surface area contributed by atoms with Gasteiger partial charge in [-0.25, -0.2) is 13.1 Å². The highest BCUT2D eigenvalue weighted by molar-refractivity contribution is 7.90. The van der Waals surface area contributed by atoms with Crippen molar-refractivity contribution in [2.75, 3.05) is 6.54 Å². The molecule has 0 bridgehead atoms. The van der Waals surface area contributed by atoms with Gasteiger partial charge in [-0.15, -0.1) is 0 Å². The van der Waals surface area contributed by atoms with Crippen LogP contribution >= 0.6 is 0 Å². The Morgan fingerprint density at radius 1 is 1.25 bits per heavy atom. The highest BCUT2D eigenvalue weighted by atomic mass is 32.2. The van der Waals surface area contributed by atoms with Gasteiger partial charge in [0.1, 0.15) is 0 Å². The predicted molar refractivity (Wildman–Crippen MR) is 62.7 cm³/mol. The first-order valence-electron chi connectivity index (χ1n) is 5.46. The Labute approximate surface area is 97.3 Å². The molecule has 0 amide bonds. The molecular formula is C10H21NO4S. The van der Waals surface area contributed by atoms with Crippen LogP contribution in [0, 0.1) is 5.92 Å². The lowest BCUT2D eigenvalue weighted by Gasteiger charge is -2.12. The molecular weight excluding hydrogens is 230 g/mol. The minimum Gasteiger partial charge on any atom is -0.481 e. The quantitative estimate of drug-likeness (QED) is 0.679. The van der Waals surface area contributed by atoms with E-state index in [1.807, 2.05) is 6.92 Å². The maximum absolute atomic E-state index is 11.4. The molecule has 0 radical (unpaired) electrons. The van der Waals surface area contributed by atoms with Crippen LogP contribution in [0.4, 0.5) is 0 Å². The highest BCUT2D eigenvalue weighted by Crippen LogP contribution is 2.09. The zero-order valence-corrected chi connectivity index (χ0v) is 10.9. The minimum absolute atomic E-state index is 0.137. The highest BCUT2D eigenvalue weighted by Gasteiger charge is 2.15. The van der Waals surface area contributed by atoms with Crippen LogP contribution in [0.3, 0.4) is 0 Å². The van der Waals surface area contributed by atoms with E-state index in [2.05, 4.69) is 4.72 Å². The van der Waals surface area contributed by atoms with Crippen molar-refractivity contribution in [2.24, 2.45) is 5.92 Å². The van der Waals surface area contributed by atoms with Crippen LogP contribution in [0.2, 0.25) is 0 Å². The monoisotopic (exact) mass is 251 g/mol. The maximum Gasteiger partial charge on any atom is 0.303 e. The number of carboxylic acid groups (broad SMARTS) is 1. The second-order valence-electron chi connectivity index (χ2n) is 4.31. The molecule has 96 valence electrons. The van der Waals surface area contributed by atoms with Crippen LogP contribution in [-0.4, -0.2) is 31.3 Å². The van der Waals surface area contributed by atoms with Crippen molar-refractivity contribution in [3.63, 3.8) is 0 Å². The normalized spacial score (nSPS) is 14.0. The van der Waals surface area contributed by atoms with Crippen molar-refractivity contribution in [3.8, 4) is 0 Å². The summed E-state index contributed by atoms with van der Waals surface area (Å²) in [5.41, 5.74) is 0. The zero-order chi connectivity index (χ0) is 12.8. The largest absolute Gasteiger partial charge is 0.481 e. The smallest absolute Gasteiger partial charge is 0.303 e. The van der Waals surface area contributed by atoms with E-state index >= 15 is 0 Å². The summed E-state index contributed by atoms with van der Waals surface area (Å²) in [5.74, 6) is -0.597. The van der Waals surface area contributed by atoms with E-state index in [9.17, 15) is 13.2 Å². The van der Waals surface area contributed by atoms with Crippen molar-refractivity contribution in [2.45, 2.75) is 45.3 Å². The van der Waals surface area contributed by atoms with E-state index in [1.165, 1.54) is 0 Å². The first-order chi connectivity index (χ1) is 7.25. The van der Waals surface area contributed by atoms with Crippen molar-refractivity contribution >= 4 is 16.0 Å². The van der Waals surface area contributed by atoms with Crippen LogP contribution in [0.25, 0.3) is 0 Å². The lowest BCUT2D eigenvalue weighted by Crippen LogP contribution is -2.32. The molecule has 0 saturated carbocycles. The van der Waals surface area contributed by atoms with Gasteiger partial charge in [-0.3, -0.25) is 4.79 Å². The number of nitrogens with one attached hydrogen (secondary N) is 1. The molecule has 0 aliphatic heterocycles. The lowest BCUT2D eigenvalue weighted by molar-refractivity contribution is -0.137. The molecule has 1 atom stereocenters. The number of carboxylic acids is 1. The van der Waals surface area contributed by atoms with Gasteiger partial charge in [-0.1, -0.05) is 6.92 Å². The second kappa shape index (κ2) is 6.85. The third kappa shape index (κ3) is 6.79. The molecule has 6 heteroatoms. The SMILES string of the molecule is CC(CCNS(=O)(=O)C(C)C)CCC(=O)O. The summed E-state index contributed by atoms with van der Waals surface area (Å²) in [6.07, 6.45) is 1.38. The van der Waals surface area contributed by atoms with Gasteiger partial charge in [0.25, 0.3) is 0 Å². The molecule has 1 unspecified atom stereocenters.